The molecule has 2 atom stereocenters. The van der Waals surface area contributed by atoms with Crippen molar-refractivity contribution in [3.05, 3.63) is 45.7 Å². The number of carboxylic acids is 1. The summed E-state index contributed by atoms with van der Waals surface area (Å²) in [6, 6.07) is 0.640. The number of oxime groups is 1. The number of hydrogen-bond acceptors (Lipinski definition) is 10. The summed E-state index contributed by atoms with van der Waals surface area (Å²) >= 11 is 4.07. The molecule has 4 rings (SSSR count). The zero-order valence-corrected chi connectivity index (χ0v) is 22.2. The van der Waals surface area contributed by atoms with Crippen LogP contribution in [0.2, 0.25) is 0 Å². The number of carboxylic acid groups (broad SMARTS) is 1. The Balaban J connectivity index is 1.49. The van der Waals surface area contributed by atoms with E-state index < -0.39 is 29.9 Å². The molecular weight excluding hydrogens is 524 g/mol. The lowest BCUT2D eigenvalue weighted by atomic mass is 9.94. The van der Waals surface area contributed by atoms with Crippen LogP contribution >= 0.6 is 34.9 Å². The first-order valence-electron chi connectivity index (χ1n) is 10.9. The summed E-state index contributed by atoms with van der Waals surface area (Å²) < 4.78 is 2.07. The third-order valence-electron chi connectivity index (χ3n) is 5.69. The second kappa shape index (κ2) is 10.9. The molecule has 0 radical (unpaired) electrons. The SMILES string of the molecule is CC[n+]1ccc(SCC2=C(C(=O)O)N3C(=O)C(NC(=O)C(=NOC)c4csc(N)n4)C3CS2)c(C)c1. The highest BCUT2D eigenvalue weighted by Crippen LogP contribution is 2.41. The van der Waals surface area contributed by atoms with Crippen LogP contribution in [-0.4, -0.2) is 69.2 Å². The number of pyridine rings is 1. The fourth-order valence-corrected chi connectivity index (χ4v) is 6.88. The summed E-state index contributed by atoms with van der Waals surface area (Å²) in [4.78, 5) is 49.8. The molecule has 0 aromatic carbocycles. The Hall–Kier alpha value is -3.10. The highest BCUT2D eigenvalue weighted by Gasteiger charge is 2.54. The van der Waals surface area contributed by atoms with E-state index in [1.165, 1.54) is 35.5 Å². The summed E-state index contributed by atoms with van der Waals surface area (Å²) in [5, 5.41) is 18.1. The molecule has 1 saturated heterocycles. The largest absolute Gasteiger partial charge is 0.477 e. The van der Waals surface area contributed by atoms with Gasteiger partial charge in [-0.15, -0.1) is 34.9 Å². The predicted molar refractivity (Wildman–Crippen MR) is 138 cm³/mol. The number of β-lactam (4-membered cyclic amide) rings is 1. The van der Waals surface area contributed by atoms with E-state index >= 15 is 0 Å². The van der Waals surface area contributed by atoms with Crippen molar-refractivity contribution in [3.63, 3.8) is 0 Å². The molecule has 1 fully saturated rings. The van der Waals surface area contributed by atoms with E-state index in [-0.39, 0.29) is 22.2 Å². The third kappa shape index (κ3) is 5.06. The summed E-state index contributed by atoms with van der Waals surface area (Å²) in [5.74, 6) is -1.44. The predicted octanol–water partition coefficient (Wildman–Crippen LogP) is 1.22. The molecule has 4 N–H and O–H groups in total. The maximum Gasteiger partial charge on any atom is 0.353 e. The van der Waals surface area contributed by atoms with Crippen LogP contribution in [0.4, 0.5) is 5.13 Å². The monoisotopic (exact) mass is 549 g/mol. The van der Waals surface area contributed by atoms with Crippen LogP contribution in [0.25, 0.3) is 0 Å². The quantitative estimate of drug-likeness (QED) is 0.138. The first-order valence-corrected chi connectivity index (χ1v) is 13.8. The van der Waals surface area contributed by atoms with Gasteiger partial charge in [-0.3, -0.25) is 14.5 Å². The lowest BCUT2D eigenvalue weighted by Gasteiger charge is -2.49. The van der Waals surface area contributed by atoms with Gasteiger partial charge in [-0.25, -0.2) is 14.3 Å². The molecular formula is C22H25N6O5S3+. The molecule has 2 aromatic heterocycles. The number of carbonyl (C=O) groups is 3. The molecule has 36 heavy (non-hydrogen) atoms. The van der Waals surface area contributed by atoms with E-state index in [4.69, 9.17) is 10.6 Å². The van der Waals surface area contributed by atoms with Gasteiger partial charge in [0.15, 0.2) is 23.2 Å². The van der Waals surface area contributed by atoms with Crippen LogP contribution in [0.1, 0.15) is 18.2 Å². The molecule has 2 aliphatic heterocycles. The topological polar surface area (TPSA) is 151 Å². The van der Waals surface area contributed by atoms with Crippen molar-refractivity contribution in [2.24, 2.45) is 5.16 Å². The Morgan fingerprint density at radius 3 is 2.86 bits per heavy atom. The number of thioether (sulfide) groups is 2. The van der Waals surface area contributed by atoms with Gasteiger partial charge in [0.05, 0.1) is 6.04 Å². The fourth-order valence-electron chi connectivity index (χ4n) is 3.92. The lowest BCUT2D eigenvalue weighted by Crippen LogP contribution is -2.73. The minimum Gasteiger partial charge on any atom is -0.477 e. The van der Waals surface area contributed by atoms with Gasteiger partial charge in [0, 0.05) is 38.3 Å². The third-order valence-corrected chi connectivity index (χ3v) is 8.95. The Morgan fingerprint density at radius 1 is 1.47 bits per heavy atom. The molecule has 2 amide bonds. The Labute approximate surface area is 219 Å². The number of nitrogens with two attached hydrogens (primary N) is 1. The number of carbonyl (C=O) groups excluding carboxylic acids is 2. The van der Waals surface area contributed by atoms with Gasteiger partial charge in [-0.2, -0.15) is 0 Å². The van der Waals surface area contributed by atoms with Crippen LogP contribution < -0.4 is 15.6 Å². The second-order valence-corrected chi connectivity index (χ2v) is 10.9. The number of aliphatic carboxylic acids is 1. The number of nitrogens with one attached hydrogen (secondary N) is 1. The molecule has 4 heterocycles. The molecule has 2 aromatic rings. The summed E-state index contributed by atoms with van der Waals surface area (Å²) in [6.45, 7) is 4.94. The minimum absolute atomic E-state index is 0.0329. The molecule has 11 nitrogen and oxygen atoms in total. The molecule has 0 aliphatic carbocycles. The van der Waals surface area contributed by atoms with Crippen molar-refractivity contribution >= 4 is 63.5 Å². The maximum absolute atomic E-state index is 13.0. The smallest absolute Gasteiger partial charge is 0.353 e. The number of nitrogens with zero attached hydrogens (tertiary/aromatic N) is 4. The maximum atomic E-state index is 13.0. The average Bonchev–Trinajstić information content (AvgIpc) is 3.29. The van der Waals surface area contributed by atoms with E-state index in [0.29, 0.717) is 16.4 Å². The standard InChI is InChI=1S/C22H24N6O5S3/c1-4-27-6-5-14(11(2)7-27)35-10-15-18(21(31)32)28-13(9-34-15)17(20(28)30)25-19(29)16(26-33-3)12-8-36-22(23)24-12/h5-8,13,17H,4,9-10H2,1-3H3,(H3-,23,24,25,29,31,32)/p+1. The van der Waals surface area contributed by atoms with Crippen LogP contribution in [0, 0.1) is 6.92 Å². The number of thiazole rings is 1. The molecule has 14 heteroatoms. The fraction of sp³-hybridized carbons (Fsp3) is 0.364. The van der Waals surface area contributed by atoms with E-state index in [1.54, 1.807) is 5.38 Å². The molecule has 0 bridgehead atoms. The van der Waals surface area contributed by atoms with Crippen molar-refractivity contribution in [1.82, 2.24) is 15.2 Å². The summed E-state index contributed by atoms with van der Waals surface area (Å²) in [6.07, 6.45) is 4.03. The summed E-state index contributed by atoms with van der Waals surface area (Å²) in [5.41, 5.74) is 6.83. The molecule has 0 spiro atoms. The number of fused-ring (bicyclic) bond motifs is 1. The van der Waals surface area contributed by atoms with Gasteiger partial charge in [0.1, 0.15) is 31.1 Å². The van der Waals surface area contributed by atoms with Crippen molar-refractivity contribution < 1.29 is 28.9 Å². The van der Waals surface area contributed by atoms with Crippen molar-refractivity contribution in [3.8, 4) is 0 Å². The number of nitrogen functional groups attached to an aromatic ring is 1. The van der Waals surface area contributed by atoms with E-state index in [1.807, 2.05) is 25.4 Å². The highest BCUT2D eigenvalue weighted by atomic mass is 32.2. The van der Waals surface area contributed by atoms with E-state index in [9.17, 15) is 19.5 Å². The van der Waals surface area contributed by atoms with Gasteiger partial charge < -0.3 is 21.0 Å². The van der Waals surface area contributed by atoms with Crippen LogP contribution in [-0.2, 0) is 25.8 Å². The lowest BCUT2D eigenvalue weighted by molar-refractivity contribution is -0.694. The van der Waals surface area contributed by atoms with Crippen LogP contribution in [0.5, 0.6) is 0 Å². The first kappa shape index (κ1) is 26.0. The minimum atomic E-state index is -1.17. The van der Waals surface area contributed by atoms with Gasteiger partial charge in [-0.05, 0) is 13.8 Å². The zero-order valence-electron chi connectivity index (χ0n) is 19.8. The van der Waals surface area contributed by atoms with Crippen molar-refractivity contribution in [2.45, 2.75) is 37.4 Å². The van der Waals surface area contributed by atoms with Gasteiger partial charge in [0.2, 0.25) is 0 Å². The van der Waals surface area contributed by atoms with Crippen LogP contribution in [0.3, 0.4) is 0 Å². The van der Waals surface area contributed by atoms with Crippen molar-refractivity contribution in [2.75, 3.05) is 24.3 Å². The number of hydrogen-bond donors (Lipinski definition) is 3. The normalized spacial score (nSPS) is 19.6. The average molecular weight is 550 g/mol. The van der Waals surface area contributed by atoms with E-state index in [0.717, 1.165) is 28.3 Å². The molecule has 2 unspecified atom stereocenters. The Kier molecular flexibility index (Phi) is 7.85. The number of aromatic nitrogens is 2. The number of aryl methyl sites for hydroxylation is 2. The van der Waals surface area contributed by atoms with Crippen LogP contribution in [0.15, 0.2) is 44.5 Å². The molecule has 190 valence electrons. The number of amides is 2. The van der Waals surface area contributed by atoms with Crippen molar-refractivity contribution in [1.29, 1.82) is 0 Å². The zero-order chi connectivity index (χ0) is 26.0. The Morgan fingerprint density at radius 2 is 2.25 bits per heavy atom. The van der Waals surface area contributed by atoms with E-state index in [2.05, 4.69) is 26.9 Å². The van der Waals surface area contributed by atoms with Gasteiger partial charge in [0.25, 0.3) is 11.8 Å². The number of anilines is 1. The number of rotatable bonds is 9. The molecule has 2 aliphatic rings. The first-order chi connectivity index (χ1) is 17.2. The van der Waals surface area contributed by atoms with Gasteiger partial charge in [-0.1, -0.05) is 5.16 Å². The summed E-state index contributed by atoms with van der Waals surface area (Å²) in [7, 11) is 1.29. The molecule has 0 saturated carbocycles. The second-order valence-electron chi connectivity index (χ2n) is 7.92. The Bertz CT molecular complexity index is 1280. The highest BCUT2D eigenvalue weighted by molar-refractivity contribution is 8.06. The van der Waals surface area contributed by atoms with Gasteiger partial charge >= 0.3 is 5.97 Å².